The summed E-state index contributed by atoms with van der Waals surface area (Å²) in [6.45, 7) is 0. The number of nitrogens with zero attached hydrogens (tertiary/aromatic N) is 1. The van der Waals surface area contributed by atoms with Gasteiger partial charge in [0.05, 0.1) is 4.92 Å². The van der Waals surface area contributed by atoms with E-state index in [1.165, 1.54) is 18.2 Å². The number of carbonyl (C=O) groups is 1. The number of nitro benzene ring substituents is 1. The molecule has 0 heterocycles. The Morgan fingerprint density at radius 2 is 2.25 bits per heavy atom. The first kappa shape index (κ1) is 12.3. The summed E-state index contributed by atoms with van der Waals surface area (Å²) >= 11 is 3.98. The Labute approximate surface area is 98.2 Å². The molecule has 0 saturated heterocycles. The summed E-state index contributed by atoms with van der Waals surface area (Å²) in [5.41, 5.74) is 0.445. The highest BCUT2D eigenvalue weighted by molar-refractivity contribution is 7.80. The third-order valence-corrected chi connectivity index (χ3v) is 2.04. The maximum absolute atomic E-state index is 10.7. The lowest BCUT2D eigenvalue weighted by molar-refractivity contribution is -0.385. The van der Waals surface area contributed by atoms with Crippen molar-refractivity contribution in [2.45, 2.75) is 6.42 Å². The van der Waals surface area contributed by atoms with E-state index in [0.717, 1.165) is 0 Å². The molecule has 16 heavy (non-hydrogen) atoms. The van der Waals surface area contributed by atoms with E-state index in [9.17, 15) is 14.9 Å². The van der Waals surface area contributed by atoms with E-state index in [1.807, 2.05) is 0 Å². The van der Waals surface area contributed by atoms with Crippen LogP contribution in [0.4, 0.5) is 5.69 Å². The molecule has 4 nitrogen and oxygen atoms in total. The molecule has 0 fully saturated rings. The first-order valence-electron chi connectivity index (χ1n) is 4.52. The molecule has 1 rings (SSSR count). The van der Waals surface area contributed by atoms with Gasteiger partial charge in [-0.15, -0.1) is 0 Å². The average molecular weight is 235 g/mol. The van der Waals surface area contributed by atoms with Crippen LogP contribution in [0, 0.1) is 22.0 Å². The van der Waals surface area contributed by atoms with E-state index in [-0.39, 0.29) is 11.3 Å². The number of nitro groups is 1. The van der Waals surface area contributed by atoms with Gasteiger partial charge in [-0.1, -0.05) is 11.8 Å². The topological polar surface area (TPSA) is 60.2 Å². The minimum Gasteiger partial charge on any atom is -0.298 e. The highest BCUT2D eigenvalue weighted by atomic mass is 32.1. The van der Waals surface area contributed by atoms with Crippen molar-refractivity contribution in [2.75, 3.05) is 5.75 Å². The van der Waals surface area contributed by atoms with Crippen LogP contribution in [0.2, 0.25) is 0 Å². The normalized spacial score (nSPS) is 9.06. The second kappa shape index (κ2) is 5.93. The van der Waals surface area contributed by atoms with Crippen molar-refractivity contribution in [1.82, 2.24) is 0 Å². The number of rotatable bonds is 3. The van der Waals surface area contributed by atoms with Crippen LogP contribution in [0.25, 0.3) is 0 Å². The number of aldehydes is 1. The summed E-state index contributed by atoms with van der Waals surface area (Å²) in [6.07, 6.45) is 1.13. The highest BCUT2D eigenvalue weighted by Gasteiger charge is 2.12. The highest BCUT2D eigenvalue weighted by Crippen LogP contribution is 2.18. The quantitative estimate of drug-likeness (QED) is 0.287. The molecular weight excluding hydrogens is 226 g/mol. The van der Waals surface area contributed by atoms with Gasteiger partial charge in [0.15, 0.2) is 0 Å². The molecule has 0 radical (unpaired) electrons. The molecule has 82 valence electrons. The zero-order valence-electron chi connectivity index (χ0n) is 8.34. The van der Waals surface area contributed by atoms with Crippen LogP contribution in [0.15, 0.2) is 18.2 Å². The van der Waals surface area contributed by atoms with Crippen molar-refractivity contribution in [3.63, 3.8) is 0 Å². The van der Waals surface area contributed by atoms with Crippen molar-refractivity contribution in [2.24, 2.45) is 0 Å². The van der Waals surface area contributed by atoms with Gasteiger partial charge in [-0.3, -0.25) is 14.9 Å². The standard InChI is InChI=1S/C11H9NO3S/c13-8-9-4-5-10(3-1-2-6-16)11(7-9)12(14)15/h4-5,7-8,16H,2,6H2. The van der Waals surface area contributed by atoms with Crippen molar-refractivity contribution in [3.05, 3.63) is 39.4 Å². The molecule has 0 unspecified atom stereocenters. The van der Waals surface area contributed by atoms with Gasteiger partial charge in [0.1, 0.15) is 11.8 Å². The molecule has 0 atom stereocenters. The third-order valence-electron chi connectivity index (χ3n) is 1.81. The molecule has 0 aliphatic heterocycles. The Balaban J connectivity index is 3.14. The Morgan fingerprint density at radius 1 is 1.50 bits per heavy atom. The first-order valence-corrected chi connectivity index (χ1v) is 5.15. The zero-order chi connectivity index (χ0) is 12.0. The average Bonchev–Trinajstić information content (AvgIpc) is 2.29. The number of benzene rings is 1. The van der Waals surface area contributed by atoms with Crippen molar-refractivity contribution in [3.8, 4) is 11.8 Å². The van der Waals surface area contributed by atoms with Crippen molar-refractivity contribution in [1.29, 1.82) is 0 Å². The molecule has 0 aliphatic rings. The molecule has 5 heteroatoms. The van der Waals surface area contributed by atoms with Gasteiger partial charge >= 0.3 is 0 Å². The maximum atomic E-state index is 10.7. The molecule has 1 aromatic carbocycles. The number of carbonyl (C=O) groups excluding carboxylic acids is 1. The summed E-state index contributed by atoms with van der Waals surface area (Å²) < 4.78 is 0. The van der Waals surface area contributed by atoms with Gasteiger partial charge in [0.2, 0.25) is 0 Å². The second-order valence-corrected chi connectivity index (χ2v) is 3.37. The van der Waals surface area contributed by atoms with E-state index < -0.39 is 4.92 Å². The van der Waals surface area contributed by atoms with Gasteiger partial charge in [-0.05, 0) is 12.1 Å². The van der Waals surface area contributed by atoms with Crippen LogP contribution in [-0.2, 0) is 0 Å². The number of thiol groups is 1. The molecule has 0 N–H and O–H groups in total. The van der Waals surface area contributed by atoms with Crippen LogP contribution in [0.3, 0.4) is 0 Å². The van der Waals surface area contributed by atoms with E-state index in [0.29, 0.717) is 24.0 Å². The number of hydrogen-bond donors (Lipinski definition) is 1. The third kappa shape index (κ3) is 3.11. The molecule has 0 spiro atoms. The lowest BCUT2D eigenvalue weighted by Gasteiger charge is -1.96. The predicted octanol–water partition coefficient (Wildman–Crippen LogP) is 2.08. The monoisotopic (exact) mass is 235 g/mol. The fraction of sp³-hybridized carbons (Fsp3) is 0.182. The lowest BCUT2D eigenvalue weighted by atomic mass is 10.1. The summed E-state index contributed by atoms with van der Waals surface area (Å²) in [7, 11) is 0. The fourth-order valence-electron chi connectivity index (χ4n) is 1.09. The van der Waals surface area contributed by atoms with E-state index >= 15 is 0 Å². The van der Waals surface area contributed by atoms with Gasteiger partial charge in [0.25, 0.3) is 5.69 Å². The Bertz CT molecular complexity index is 474. The molecule has 0 bridgehead atoms. The lowest BCUT2D eigenvalue weighted by Crippen LogP contribution is -1.94. The van der Waals surface area contributed by atoms with Gasteiger partial charge < -0.3 is 0 Å². The van der Waals surface area contributed by atoms with E-state index in [4.69, 9.17) is 0 Å². The van der Waals surface area contributed by atoms with E-state index in [2.05, 4.69) is 24.5 Å². The first-order chi connectivity index (χ1) is 7.69. The fourth-order valence-corrected chi connectivity index (χ4v) is 1.20. The Morgan fingerprint density at radius 3 is 2.81 bits per heavy atom. The van der Waals surface area contributed by atoms with Crippen molar-refractivity contribution >= 4 is 24.6 Å². The summed E-state index contributed by atoms with van der Waals surface area (Å²) in [5, 5.41) is 10.7. The maximum Gasteiger partial charge on any atom is 0.285 e. The SMILES string of the molecule is O=Cc1ccc(C#CCCS)c([N+](=O)[O-])c1. The summed E-state index contributed by atoms with van der Waals surface area (Å²) in [6, 6.07) is 4.20. The molecule has 0 saturated carbocycles. The van der Waals surface area contributed by atoms with Crippen LogP contribution >= 0.6 is 12.6 Å². The minimum absolute atomic E-state index is 0.142. The van der Waals surface area contributed by atoms with Gasteiger partial charge in [-0.2, -0.15) is 12.6 Å². The van der Waals surface area contributed by atoms with Crippen molar-refractivity contribution < 1.29 is 9.72 Å². The summed E-state index contributed by atoms with van der Waals surface area (Å²) in [5.74, 6) is 6.06. The molecular formula is C11H9NO3S. The van der Waals surface area contributed by atoms with E-state index in [1.54, 1.807) is 0 Å². The molecule has 0 aromatic heterocycles. The molecule has 1 aromatic rings. The van der Waals surface area contributed by atoms with Crippen LogP contribution < -0.4 is 0 Å². The summed E-state index contributed by atoms with van der Waals surface area (Å²) in [4.78, 5) is 20.7. The minimum atomic E-state index is -0.544. The second-order valence-electron chi connectivity index (χ2n) is 2.93. The smallest absolute Gasteiger partial charge is 0.285 e. The zero-order valence-corrected chi connectivity index (χ0v) is 9.24. The Hall–Kier alpha value is -1.80. The molecule has 0 amide bonds. The number of hydrogen-bond acceptors (Lipinski definition) is 4. The predicted molar refractivity (Wildman–Crippen MR) is 63.8 cm³/mol. The van der Waals surface area contributed by atoms with Crippen LogP contribution in [0.5, 0.6) is 0 Å². The molecule has 0 aliphatic carbocycles. The Kier molecular flexibility index (Phi) is 4.55. The van der Waals surface area contributed by atoms with Gasteiger partial charge in [-0.25, -0.2) is 0 Å². The van der Waals surface area contributed by atoms with Gasteiger partial charge in [0, 0.05) is 23.8 Å². The van der Waals surface area contributed by atoms with Crippen LogP contribution in [0.1, 0.15) is 22.3 Å². The largest absolute Gasteiger partial charge is 0.298 e. The van der Waals surface area contributed by atoms with Crippen LogP contribution in [-0.4, -0.2) is 17.0 Å².